The van der Waals surface area contributed by atoms with Crippen LogP contribution in [0.3, 0.4) is 0 Å². The van der Waals surface area contributed by atoms with Gasteiger partial charge in [0.2, 0.25) is 5.75 Å². The molecule has 0 amide bonds. The minimum absolute atomic E-state index is 0.535. The van der Waals surface area contributed by atoms with Gasteiger partial charge in [-0.15, -0.1) is 0 Å². The highest BCUT2D eigenvalue weighted by Gasteiger charge is 2.14. The molecule has 0 spiro atoms. The Morgan fingerprint density at radius 2 is 1.58 bits per heavy atom. The van der Waals surface area contributed by atoms with Crippen LogP contribution in [-0.2, 0) is 6.54 Å². The second-order valence-electron chi connectivity index (χ2n) is 6.74. The summed E-state index contributed by atoms with van der Waals surface area (Å²) in [5.41, 5.74) is 3.70. The summed E-state index contributed by atoms with van der Waals surface area (Å²) >= 11 is 0. The topological polar surface area (TPSA) is 79.1 Å². The van der Waals surface area contributed by atoms with Crippen molar-refractivity contribution in [1.29, 1.82) is 0 Å². The molecule has 0 aliphatic rings. The largest absolute Gasteiger partial charge is 0.497 e. The van der Waals surface area contributed by atoms with E-state index in [1.54, 1.807) is 39.2 Å². The van der Waals surface area contributed by atoms with E-state index in [4.69, 9.17) is 18.9 Å². The molecule has 8 nitrogen and oxygen atoms in total. The van der Waals surface area contributed by atoms with Gasteiger partial charge in [0.15, 0.2) is 17.1 Å². The smallest absolute Gasteiger partial charge is 0.203 e. The minimum Gasteiger partial charge on any atom is -0.497 e. The van der Waals surface area contributed by atoms with Gasteiger partial charge in [-0.3, -0.25) is 0 Å². The van der Waals surface area contributed by atoms with Crippen LogP contribution in [0.2, 0.25) is 0 Å². The quantitative estimate of drug-likeness (QED) is 0.461. The van der Waals surface area contributed by atoms with Crippen molar-refractivity contribution in [2.24, 2.45) is 0 Å². The fourth-order valence-electron chi connectivity index (χ4n) is 3.43. The van der Waals surface area contributed by atoms with Gasteiger partial charge in [-0.25, -0.2) is 4.98 Å². The van der Waals surface area contributed by atoms with Crippen LogP contribution in [0.5, 0.6) is 23.0 Å². The van der Waals surface area contributed by atoms with Gasteiger partial charge in [0.25, 0.3) is 0 Å². The lowest BCUT2D eigenvalue weighted by atomic mass is 10.1. The standard InChI is InChI=1S/C23H24N4O4/c1-28-17-7-5-16(6-8-17)18-14-26-27-21(9-10-24-23(18)27)25-13-15-11-19(29-2)22(31-4)20(12-15)30-3/h5-12,14,25H,13H2,1-4H3. The molecule has 160 valence electrons. The first-order valence-corrected chi connectivity index (χ1v) is 9.68. The number of hydrogen-bond donors (Lipinski definition) is 1. The molecule has 0 radical (unpaired) electrons. The molecule has 0 fully saturated rings. The molecule has 4 aromatic rings. The van der Waals surface area contributed by atoms with E-state index in [1.807, 2.05) is 48.7 Å². The van der Waals surface area contributed by atoms with Gasteiger partial charge in [-0.2, -0.15) is 9.61 Å². The summed E-state index contributed by atoms with van der Waals surface area (Å²) in [5, 5.41) is 7.95. The average molecular weight is 420 g/mol. The molecule has 0 aliphatic carbocycles. The Morgan fingerprint density at radius 1 is 0.871 bits per heavy atom. The molecule has 0 saturated heterocycles. The molecule has 0 atom stereocenters. The predicted octanol–water partition coefficient (Wildman–Crippen LogP) is 4.04. The number of methoxy groups -OCH3 is 4. The van der Waals surface area contributed by atoms with Gasteiger partial charge in [0.1, 0.15) is 11.6 Å². The number of hydrogen-bond acceptors (Lipinski definition) is 7. The monoisotopic (exact) mass is 420 g/mol. The van der Waals surface area contributed by atoms with Gasteiger partial charge < -0.3 is 24.3 Å². The summed E-state index contributed by atoms with van der Waals surface area (Å²) < 4.78 is 23.3. The van der Waals surface area contributed by atoms with Crippen LogP contribution in [0, 0.1) is 0 Å². The predicted molar refractivity (Wildman–Crippen MR) is 118 cm³/mol. The molecular formula is C23H24N4O4. The first-order chi connectivity index (χ1) is 15.2. The third-order valence-corrected chi connectivity index (χ3v) is 5.00. The van der Waals surface area contributed by atoms with E-state index in [0.29, 0.717) is 23.8 Å². The van der Waals surface area contributed by atoms with E-state index in [-0.39, 0.29) is 0 Å². The number of aromatic nitrogens is 3. The number of nitrogens with zero attached hydrogens (tertiary/aromatic N) is 3. The zero-order valence-corrected chi connectivity index (χ0v) is 17.9. The van der Waals surface area contributed by atoms with E-state index >= 15 is 0 Å². The number of fused-ring (bicyclic) bond motifs is 1. The lowest BCUT2D eigenvalue weighted by Crippen LogP contribution is -2.06. The fraction of sp³-hybridized carbons (Fsp3) is 0.217. The number of rotatable bonds is 8. The van der Waals surface area contributed by atoms with Crippen LogP contribution in [0.1, 0.15) is 5.56 Å². The van der Waals surface area contributed by atoms with Crippen LogP contribution in [0.15, 0.2) is 54.9 Å². The van der Waals surface area contributed by atoms with Gasteiger partial charge in [0, 0.05) is 18.3 Å². The first kappa shape index (κ1) is 20.3. The first-order valence-electron chi connectivity index (χ1n) is 9.68. The van der Waals surface area contributed by atoms with E-state index in [0.717, 1.165) is 33.9 Å². The maximum atomic E-state index is 5.44. The molecule has 1 N–H and O–H groups in total. The summed E-state index contributed by atoms with van der Waals surface area (Å²) in [6.07, 6.45) is 3.58. The number of benzene rings is 2. The highest BCUT2D eigenvalue weighted by Crippen LogP contribution is 2.38. The summed E-state index contributed by atoms with van der Waals surface area (Å²) in [6.45, 7) is 0.535. The third-order valence-electron chi connectivity index (χ3n) is 5.00. The van der Waals surface area contributed by atoms with Crippen LogP contribution in [-0.4, -0.2) is 43.0 Å². The zero-order valence-electron chi connectivity index (χ0n) is 17.9. The molecule has 8 heteroatoms. The zero-order chi connectivity index (χ0) is 21.8. The second kappa shape index (κ2) is 8.83. The summed E-state index contributed by atoms with van der Waals surface area (Å²) in [4.78, 5) is 4.53. The lowest BCUT2D eigenvalue weighted by molar-refractivity contribution is 0.324. The molecular weight excluding hydrogens is 396 g/mol. The summed E-state index contributed by atoms with van der Waals surface area (Å²) in [5.74, 6) is 3.41. The molecule has 0 bridgehead atoms. The Bertz CT molecular complexity index is 1160. The molecule has 2 heterocycles. The van der Waals surface area contributed by atoms with Gasteiger partial charge in [0.05, 0.1) is 34.6 Å². The Morgan fingerprint density at radius 3 is 2.19 bits per heavy atom. The van der Waals surface area contributed by atoms with E-state index in [2.05, 4.69) is 15.4 Å². The van der Waals surface area contributed by atoms with Gasteiger partial charge in [-0.1, -0.05) is 12.1 Å². The van der Waals surface area contributed by atoms with Crippen LogP contribution < -0.4 is 24.3 Å². The van der Waals surface area contributed by atoms with Crippen LogP contribution >= 0.6 is 0 Å². The van der Waals surface area contributed by atoms with Crippen molar-refractivity contribution in [2.75, 3.05) is 33.8 Å². The molecule has 2 aromatic heterocycles. The van der Waals surface area contributed by atoms with Gasteiger partial charge >= 0.3 is 0 Å². The van der Waals surface area contributed by atoms with Crippen molar-refractivity contribution in [3.8, 4) is 34.1 Å². The molecule has 0 aliphatic heterocycles. The van der Waals surface area contributed by atoms with Gasteiger partial charge in [-0.05, 0) is 41.5 Å². The maximum Gasteiger partial charge on any atom is 0.203 e. The number of ether oxygens (including phenoxy) is 4. The van der Waals surface area contributed by atoms with E-state index in [9.17, 15) is 0 Å². The lowest BCUT2D eigenvalue weighted by Gasteiger charge is -2.15. The normalized spacial score (nSPS) is 10.7. The van der Waals surface area contributed by atoms with Crippen molar-refractivity contribution in [1.82, 2.24) is 14.6 Å². The third kappa shape index (κ3) is 3.92. The Balaban J connectivity index is 1.62. The molecule has 2 aromatic carbocycles. The van der Waals surface area contributed by atoms with E-state index in [1.165, 1.54) is 0 Å². The number of anilines is 1. The molecule has 0 unspecified atom stereocenters. The number of nitrogens with one attached hydrogen (secondary N) is 1. The van der Waals surface area contributed by atoms with Crippen molar-refractivity contribution in [3.05, 3.63) is 60.4 Å². The Labute approximate surface area is 180 Å². The molecule has 0 saturated carbocycles. The summed E-state index contributed by atoms with van der Waals surface area (Å²) in [7, 11) is 6.44. The van der Waals surface area contributed by atoms with Crippen LogP contribution in [0.25, 0.3) is 16.8 Å². The Hall–Kier alpha value is -3.94. The average Bonchev–Trinajstić information content (AvgIpc) is 3.26. The van der Waals surface area contributed by atoms with Crippen molar-refractivity contribution in [3.63, 3.8) is 0 Å². The van der Waals surface area contributed by atoms with Crippen molar-refractivity contribution < 1.29 is 18.9 Å². The fourth-order valence-corrected chi connectivity index (χ4v) is 3.43. The molecule has 4 rings (SSSR count). The maximum absolute atomic E-state index is 5.44. The molecule has 31 heavy (non-hydrogen) atoms. The highest BCUT2D eigenvalue weighted by atomic mass is 16.5. The van der Waals surface area contributed by atoms with Crippen molar-refractivity contribution >= 4 is 11.5 Å². The SMILES string of the molecule is COc1ccc(-c2cnn3c(NCc4cc(OC)c(OC)c(OC)c4)ccnc23)cc1. The summed E-state index contributed by atoms with van der Waals surface area (Å²) in [6, 6.07) is 13.5. The highest BCUT2D eigenvalue weighted by molar-refractivity contribution is 5.78. The van der Waals surface area contributed by atoms with E-state index < -0.39 is 0 Å². The minimum atomic E-state index is 0.535. The Kier molecular flexibility index (Phi) is 5.79. The van der Waals surface area contributed by atoms with Crippen LogP contribution in [0.4, 0.5) is 5.82 Å². The second-order valence-corrected chi connectivity index (χ2v) is 6.74. The van der Waals surface area contributed by atoms with Crippen molar-refractivity contribution in [2.45, 2.75) is 6.54 Å².